The Labute approximate surface area is 151 Å². The highest BCUT2D eigenvalue weighted by Gasteiger charge is 2.44. The van der Waals surface area contributed by atoms with Crippen molar-refractivity contribution in [1.82, 2.24) is 14.9 Å². The largest absolute Gasteiger partial charge is 0.374 e. The van der Waals surface area contributed by atoms with E-state index in [1.807, 2.05) is 12.1 Å². The van der Waals surface area contributed by atoms with Gasteiger partial charge in [-0.2, -0.15) is 4.39 Å². The highest BCUT2D eigenvalue weighted by atomic mass is 19.1. The summed E-state index contributed by atoms with van der Waals surface area (Å²) in [5.41, 5.74) is 1.28. The average molecular weight is 357 g/mol. The zero-order valence-corrected chi connectivity index (χ0v) is 14.3. The highest BCUT2D eigenvalue weighted by molar-refractivity contribution is 5.94. The van der Waals surface area contributed by atoms with Crippen LogP contribution in [0.5, 0.6) is 0 Å². The summed E-state index contributed by atoms with van der Waals surface area (Å²) >= 11 is 0. The van der Waals surface area contributed by atoms with Crippen molar-refractivity contribution >= 4 is 5.91 Å². The molecule has 0 unspecified atom stereocenters. The molecule has 1 amide bonds. The van der Waals surface area contributed by atoms with E-state index in [9.17, 15) is 9.18 Å². The number of pyridine rings is 2. The maximum Gasteiger partial charge on any atom is 0.254 e. The molecule has 0 aromatic carbocycles. The highest BCUT2D eigenvalue weighted by Crippen LogP contribution is 2.33. The van der Waals surface area contributed by atoms with Crippen molar-refractivity contribution < 1.29 is 18.7 Å². The van der Waals surface area contributed by atoms with E-state index in [4.69, 9.17) is 9.47 Å². The van der Waals surface area contributed by atoms with Crippen molar-refractivity contribution in [3.05, 3.63) is 59.9 Å². The van der Waals surface area contributed by atoms with Crippen LogP contribution >= 0.6 is 0 Å². The third-order valence-corrected chi connectivity index (χ3v) is 4.96. The van der Waals surface area contributed by atoms with E-state index in [0.717, 1.165) is 18.4 Å². The van der Waals surface area contributed by atoms with Crippen LogP contribution in [0.15, 0.2) is 42.9 Å². The molecule has 26 heavy (non-hydrogen) atoms. The molecule has 3 heterocycles. The number of aromatic nitrogens is 2. The minimum Gasteiger partial charge on any atom is -0.374 e. The van der Waals surface area contributed by atoms with Gasteiger partial charge in [0.25, 0.3) is 5.91 Å². The molecule has 1 aliphatic carbocycles. The summed E-state index contributed by atoms with van der Waals surface area (Å²) in [4.78, 5) is 22.3. The van der Waals surface area contributed by atoms with Crippen molar-refractivity contribution in [3.63, 3.8) is 0 Å². The molecule has 0 N–H and O–H groups in total. The van der Waals surface area contributed by atoms with Crippen molar-refractivity contribution in [3.8, 4) is 0 Å². The summed E-state index contributed by atoms with van der Waals surface area (Å²) < 4.78 is 25.5. The van der Waals surface area contributed by atoms with Crippen LogP contribution in [0.2, 0.25) is 0 Å². The van der Waals surface area contributed by atoms with E-state index in [-0.39, 0.29) is 24.2 Å². The first-order chi connectivity index (χ1) is 12.7. The van der Waals surface area contributed by atoms with Crippen LogP contribution in [0.4, 0.5) is 4.39 Å². The molecule has 136 valence electrons. The lowest BCUT2D eigenvalue weighted by atomic mass is 10.1. The van der Waals surface area contributed by atoms with Gasteiger partial charge in [0, 0.05) is 36.8 Å². The molecular formula is C19H20FN3O3. The first-order valence-corrected chi connectivity index (χ1v) is 8.77. The van der Waals surface area contributed by atoms with Gasteiger partial charge in [-0.05, 0) is 30.5 Å². The van der Waals surface area contributed by atoms with Gasteiger partial charge >= 0.3 is 0 Å². The smallest absolute Gasteiger partial charge is 0.254 e. The quantitative estimate of drug-likeness (QED) is 0.785. The Bertz CT molecular complexity index is 774. The first-order valence-electron chi connectivity index (χ1n) is 8.77. The summed E-state index contributed by atoms with van der Waals surface area (Å²) in [7, 11) is 0. The second-order valence-corrected chi connectivity index (χ2v) is 6.56. The Balaban J connectivity index is 1.52. The number of carbonyl (C=O) groups excluding carboxylic acids is 1. The molecule has 6 nitrogen and oxygen atoms in total. The molecule has 2 fully saturated rings. The van der Waals surface area contributed by atoms with Gasteiger partial charge in [-0.25, -0.2) is 4.98 Å². The van der Waals surface area contributed by atoms with E-state index in [2.05, 4.69) is 9.97 Å². The van der Waals surface area contributed by atoms with Gasteiger partial charge < -0.3 is 14.4 Å². The fourth-order valence-electron chi connectivity index (χ4n) is 3.74. The van der Waals surface area contributed by atoms with Crippen molar-refractivity contribution in [2.75, 3.05) is 13.2 Å². The molecular weight excluding hydrogens is 337 g/mol. The molecule has 3 atom stereocenters. The van der Waals surface area contributed by atoms with E-state index in [0.29, 0.717) is 25.3 Å². The Kier molecular flexibility index (Phi) is 4.90. The van der Waals surface area contributed by atoms with Crippen LogP contribution in [0, 0.1) is 5.95 Å². The fourth-order valence-corrected chi connectivity index (χ4v) is 3.74. The summed E-state index contributed by atoms with van der Waals surface area (Å²) in [5.74, 6) is -0.868. The Morgan fingerprint density at radius 3 is 3.08 bits per heavy atom. The van der Waals surface area contributed by atoms with Gasteiger partial charge in [-0.1, -0.05) is 6.07 Å². The van der Waals surface area contributed by atoms with Gasteiger partial charge in [-0.15, -0.1) is 0 Å². The molecule has 0 spiro atoms. The van der Waals surface area contributed by atoms with E-state index in [1.165, 1.54) is 18.3 Å². The van der Waals surface area contributed by atoms with E-state index < -0.39 is 5.95 Å². The third kappa shape index (κ3) is 3.45. The predicted molar refractivity (Wildman–Crippen MR) is 90.8 cm³/mol. The second-order valence-electron chi connectivity index (χ2n) is 6.56. The normalized spacial score (nSPS) is 25.1. The average Bonchev–Trinajstić information content (AvgIpc) is 2.95. The lowest BCUT2D eigenvalue weighted by molar-refractivity contribution is -0.0598. The number of hydrogen-bond donors (Lipinski definition) is 0. The molecule has 1 aliphatic heterocycles. The monoisotopic (exact) mass is 357 g/mol. The fraction of sp³-hybridized carbons (Fsp3) is 0.421. The number of rotatable bonds is 4. The summed E-state index contributed by atoms with van der Waals surface area (Å²) in [6.45, 7) is 1.34. The lowest BCUT2D eigenvalue weighted by Crippen LogP contribution is -2.46. The first kappa shape index (κ1) is 17.1. The van der Waals surface area contributed by atoms with E-state index in [1.54, 1.807) is 17.3 Å². The van der Waals surface area contributed by atoms with Crippen LogP contribution in [0.1, 0.15) is 28.8 Å². The molecule has 1 saturated carbocycles. The molecule has 4 rings (SSSR count). The number of nitrogens with zero attached hydrogens (tertiary/aromatic N) is 3. The summed E-state index contributed by atoms with van der Waals surface area (Å²) in [5, 5.41) is 0. The summed E-state index contributed by atoms with van der Waals surface area (Å²) in [6.07, 6.45) is 6.22. The maximum atomic E-state index is 13.4. The zero-order chi connectivity index (χ0) is 17.9. The van der Waals surface area contributed by atoms with Gasteiger partial charge in [0.15, 0.2) is 0 Å². The minimum atomic E-state index is -0.657. The number of halogens is 1. The van der Waals surface area contributed by atoms with E-state index >= 15 is 0 Å². The Hall–Kier alpha value is -2.38. The van der Waals surface area contributed by atoms with Crippen LogP contribution in [-0.4, -0.2) is 52.2 Å². The van der Waals surface area contributed by atoms with Gasteiger partial charge in [0.2, 0.25) is 5.95 Å². The van der Waals surface area contributed by atoms with Gasteiger partial charge in [0.1, 0.15) is 6.10 Å². The Morgan fingerprint density at radius 1 is 1.35 bits per heavy atom. The SMILES string of the molecule is O=C(c1ccnc(F)c1)N1CCO[C@H]2CC[C@H]1[C@H]2OCc1cccnc1. The maximum absolute atomic E-state index is 13.4. The molecule has 0 radical (unpaired) electrons. The number of carbonyl (C=O) groups is 1. The van der Waals surface area contributed by atoms with Crippen LogP contribution < -0.4 is 0 Å². The molecule has 2 aliphatic rings. The molecule has 2 aromatic rings. The summed E-state index contributed by atoms with van der Waals surface area (Å²) in [6, 6.07) is 6.45. The standard InChI is InChI=1S/C19H20FN3O3/c20-17-10-14(5-7-22-17)19(24)23-8-9-25-16-4-3-15(23)18(16)26-12-13-2-1-6-21-11-13/h1-2,5-7,10-11,15-16,18H,3-4,8-9,12H2/t15-,16-,18+/m0/s1. The second kappa shape index (κ2) is 7.47. The lowest BCUT2D eigenvalue weighted by Gasteiger charge is -2.31. The topological polar surface area (TPSA) is 64.6 Å². The predicted octanol–water partition coefficient (Wildman–Crippen LogP) is 2.20. The molecule has 7 heteroatoms. The number of fused-ring (bicyclic) bond motifs is 2. The van der Waals surface area contributed by atoms with Gasteiger partial charge in [0.05, 0.1) is 25.4 Å². The van der Waals surface area contributed by atoms with Gasteiger partial charge in [-0.3, -0.25) is 9.78 Å². The minimum absolute atomic E-state index is 0.0244. The van der Waals surface area contributed by atoms with Crippen molar-refractivity contribution in [2.45, 2.75) is 37.7 Å². The number of amides is 1. The van der Waals surface area contributed by atoms with Crippen LogP contribution in [-0.2, 0) is 16.1 Å². The van der Waals surface area contributed by atoms with Crippen LogP contribution in [0.25, 0.3) is 0 Å². The van der Waals surface area contributed by atoms with Crippen molar-refractivity contribution in [1.29, 1.82) is 0 Å². The van der Waals surface area contributed by atoms with Crippen LogP contribution in [0.3, 0.4) is 0 Å². The molecule has 2 bridgehead atoms. The number of hydrogen-bond acceptors (Lipinski definition) is 5. The van der Waals surface area contributed by atoms with Crippen molar-refractivity contribution in [2.24, 2.45) is 0 Å². The molecule has 2 aromatic heterocycles. The Morgan fingerprint density at radius 2 is 2.27 bits per heavy atom. The molecule has 1 saturated heterocycles. The number of ether oxygens (including phenoxy) is 2. The zero-order valence-electron chi connectivity index (χ0n) is 14.3. The third-order valence-electron chi connectivity index (χ3n) is 4.96.